The van der Waals surface area contributed by atoms with Crippen LogP contribution in [0.4, 0.5) is 20.5 Å². The van der Waals surface area contributed by atoms with Crippen molar-refractivity contribution in [3.05, 3.63) is 11.3 Å². The number of carboxylic acid groups (broad SMARTS) is 1. The summed E-state index contributed by atoms with van der Waals surface area (Å²) < 4.78 is 27.3. The molecule has 3 heterocycles. The van der Waals surface area contributed by atoms with Gasteiger partial charge in [0, 0.05) is 31.6 Å². The average Bonchev–Trinajstić information content (AvgIpc) is 3.06. The molecule has 9 heteroatoms. The fraction of sp³-hybridized carbons (Fsp3) is 0.722. The number of aliphatic hydroxyl groups excluding tert-OH is 1. The number of fused-ring (bicyclic) bond motifs is 1. The molecule has 1 aliphatic carbocycles. The highest BCUT2D eigenvalue weighted by Crippen LogP contribution is 2.54. The Hall–Kier alpha value is -2.03. The minimum absolute atomic E-state index is 0.171. The molecule has 0 bridgehead atoms. The lowest BCUT2D eigenvalue weighted by molar-refractivity contribution is -0.137. The first-order valence-corrected chi connectivity index (χ1v) is 9.42. The number of rotatable bonds is 6. The van der Waals surface area contributed by atoms with E-state index >= 15 is 0 Å². The summed E-state index contributed by atoms with van der Waals surface area (Å²) in [5.74, 6) is 0.758. The van der Waals surface area contributed by atoms with E-state index in [1.807, 2.05) is 18.7 Å². The highest BCUT2D eigenvalue weighted by Gasteiger charge is 2.56. The van der Waals surface area contributed by atoms with Crippen molar-refractivity contribution in [3.63, 3.8) is 0 Å². The smallest absolute Gasteiger partial charge is 0.303 e. The molecule has 4 atom stereocenters. The fourth-order valence-corrected chi connectivity index (χ4v) is 4.57. The highest BCUT2D eigenvalue weighted by atomic mass is 19.3. The van der Waals surface area contributed by atoms with Crippen molar-refractivity contribution in [2.45, 2.75) is 45.3 Å². The molecule has 148 valence electrons. The van der Waals surface area contributed by atoms with Crippen LogP contribution >= 0.6 is 0 Å². The molecule has 1 aromatic heterocycles. The molecule has 2 N–H and O–H groups in total. The Morgan fingerprint density at radius 3 is 2.41 bits per heavy atom. The van der Waals surface area contributed by atoms with Crippen molar-refractivity contribution in [3.8, 4) is 0 Å². The number of aliphatic carboxylic acids is 1. The quantitative estimate of drug-likeness (QED) is 0.774. The third-order valence-electron chi connectivity index (χ3n) is 6.34. The molecule has 0 spiro atoms. The number of nitrogens with zero attached hydrogens (tertiary/aromatic N) is 4. The number of halogens is 2. The van der Waals surface area contributed by atoms with Crippen LogP contribution in [-0.2, 0) is 11.2 Å². The van der Waals surface area contributed by atoms with Gasteiger partial charge < -0.3 is 20.0 Å². The zero-order valence-electron chi connectivity index (χ0n) is 15.3. The summed E-state index contributed by atoms with van der Waals surface area (Å²) in [6, 6.07) is -0.206. The Labute approximate surface area is 156 Å². The first-order chi connectivity index (χ1) is 12.8. The third-order valence-corrected chi connectivity index (χ3v) is 6.34. The van der Waals surface area contributed by atoms with Crippen molar-refractivity contribution >= 4 is 17.7 Å². The summed E-state index contributed by atoms with van der Waals surface area (Å²) in [7, 11) is 0. The lowest BCUT2D eigenvalue weighted by Crippen LogP contribution is -2.59. The second-order valence-corrected chi connectivity index (χ2v) is 7.82. The molecule has 7 nitrogen and oxygen atoms in total. The first-order valence-electron chi connectivity index (χ1n) is 9.42. The maximum Gasteiger partial charge on any atom is 0.303 e. The summed E-state index contributed by atoms with van der Waals surface area (Å²) in [5, 5.41) is 18.7. The molecular formula is C18H24F2N4O3. The Balaban J connectivity index is 1.62. The predicted molar refractivity (Wildman–Crippen MR) is 94.1 cm³/mol. The van der Waals surface area contributed by atoms with E-state index in [0.717, 1.165) is 0 Å². The van der Waals surface area contributed by atoms with Gasteiger partial charge in [-0.25, -0.2) is 13.8 Å². The van der Waals surface area contributed by atoms with Gasteiger partial charge in [0.25, 0.3) is 6.43 Å². The molecule has 1 saturated carbocycles. The normalized spacial score (nSPS) is 31.9. The number of piperidine rings is 1. The van der Waals surface area contributed by atoms with Gasteiger partial charge in [0.1, 0.15) is 11.5 Å². The van der Waals surface area contributed by atoms with E-state index in [0.29, 0.717) is 49.3 Å². The number of hydrogen-bond acceptors (Lipinski definition) is 6. The van der Waals surface area contributed by atoms with Crippen LogP contribution in [-0.4, -0.2) is 57.9 Å². The van der Waals surface area contributed by atoms with Gasteiger partial charge in [-0.2, -0.15) is 4.98 Å². The van der Waals surface area contributed by atoms with Crippen LogP contribution in [0.2, 0.25) is 0 Å². The van der Waals surface area contributed by atoms with Crippen LogP contribution < -0.4 is 9.80 Å². The van der Waals surface area contributed by atoms with Crippen LogP contribution in [0.5, 0.6) is 0 Å². The number of hydrogen-bond donors (Lipinski definition) is 2. The minimum atomic E-state index is -2.70. The Kier molecular flexibility index (Phi) is 4.44. The summed E-state index contributed by atoms with van der Waals surface area (Å²) >= 11 is 0. The molecule has 2 unspecified atom stereocenters. The average molecular weight is 382 g/mol. The third kappa shape index (κ3) is 3.01. The number of carboxylic acids is 1. The topological polar surface area (TPSA) is 89.8 Å². The molecule has 0 radical (unpaired) electrons. The number of carbonyl (C=O) groups is 1. The Morgan fingerprint density at radius 1 is 1.26 bits per heavy atom. The van der Waals surface area contributed by atoms with Gasteiger partial charge in [0.2, 0.25) is 5.95 Å². The van der Waals surface area contributed by atoms with Crippen molar-refractivity contribution in [1.82, 2.24) is 9.97 Å². The lowest BCUT2D eigenvalue weighted by atomic mass is 10.0. The second kappa shape index (κ2) is 6.54. The van der Waals surface area contributed by atoms with Crippen LogP contribution in [0.25, 0.3) is 0 Å². The Bertz CT molecular complexity index is 750. The van der Waals surface area contributed by atoms with Gasteiger partial charge >= 0.3 is 5.97 Å². The van der Waals surface area contributed by atoms with Crippen LogP contribution in [0, 0.1) is 17.8 Å². The van der Waals surface area contributed by atoms with E-state index < -0.39 is 18.5 Å². The molecule has 4 rings (SSSR count). The summed E-state index contributed by atoms with van der Waals surface area (Å²) in [4.78, 5) is 23.4. The van der Waals surface area contributed by atoms with E-state index in [1.165, 1.54) is 0 Å². The molecule has 2 saturated heterocycles. The molecular weight excluding hydrogens is 358 g/mol. The molecule has 27 heavy (non-hydrogen) atoms. The molecule has 3 fully saturated rings. The van der Waals surface area contributed by atoms with Gasteiger partial charge in [-0.15, -0.1) is 0 Å². The maximum absolute atomic E-state index is 13.7. The number of alkyl halides is 2. The Morgan fingerprint density at radius 2 is 1.93 bits per heavy atom. The van der Waals surface area contributed by atoms with Crippen molar-refractivity contribution in [1.29, 1.82) is 0 Å². The van der Waals surface area contributed by atoms with E-state index in [1.54, 1.807) is 4.90 Å². The minimum Gasteiger partial charge on any atom is -0.481 e. The van der Waals surface area contributed by atoms with Crippen molar-refractivity contribution in [2.75, 3.05) is 29.4 Å². The summed E-state index contributed by atoms with van der Waals surface area (Å²) in [6.07, 6.45) is -2.63. The van der Waals surface area contributed by atoms with Gasteiger partial charge in [-0.1, -0.05) is 6.92 Å². The van der Waals surface area contributed by atoms with Gasteiger partial charge in [-0.3, -0.25) is 4.79 Å². The summed E-state index contributed by atoms with van der Waals surface area (Å²) in [5.41, 5.74) is 0.215. The van der Waals surface area contributed by atoms with Crippen molar-refractivity contribution in [2.24, 2.45) is 17.8 Å². The number of anilines is 2. The molecule has 1 aromatic rings. The highest BCUT2D eigenvalue weighted by molar-refractivity contribution is 5.68. The zero-order chi connectivity index (χ0) is 19.5. The predicted octanol–water partition coefficient (Wildman–Crippen LogP) is 1.70. The fourth-order valence-electron chi connectivity index (χ4n) is 4.57. The van der Waals surface area contributed by atoms with Gasteiger partial charge in [0.05, 0.1) is 12.1 Å². The second-order valence-electron chi connectivity index (χ2n) is 7.82. The van der Waals surface area contributed by atoms with E-state index in [4.69, 9.17) is 5.11 Å². The first kappa shape index (κ1) is 18.3. The van der Waals surface area contributed by atoms with Gasteiger partial charge in [0.15, 0.2) is 0 Å². The molecule has 2 aliphatic heterocycles. The molecule has 0 amide bonds. The summed E-state index contributed by atoms with van der Waals surface area (Å²) in [6.45, 7) is 5.25. The largest absolute Gasteiger partial charge is 0.481 e. The van der Waals surface area contributed by atoms with Gasteiger partial charge in [-0.05, 0) is 31.1 Å². The van der Waals surface area contributed by atoms with Crippen LogP contribution in [0.1, 0.15) is 38.0 Å². The number of aromatic nitrogens is 2. The van der Waals surface area contributed by atoms with E-state index in [-0.39, 0.29) is 30.0 Å². The maximum atomic E-state index is 13.7. The van der Waals surface area contributed by atoms with Crippen molar-refractivity contribution < 1.29 is 23.8 Å². The van der Waals surface area contributed by atoms with E-state index in [2.05, 4.69) is 9.97 Å². The van der Waals surface area contributed by atoms with Crippen LogP contribution in [0.3, 0.4) is 0 Å². The lowest BCUT2D eigenvalue weighted by Gasteiger charge is -2.43. The van der Waals surface area contributed by atoms with E-state index in [9.17, 15) is 18.7 Å². The van der Waals surface area contributed by atoms with Crippen LogP contribution in [0.15, 0.2) is 0 Å². The molecule has 3 aliphatic rings. The standard InChI is InChI=1S/C18H24F2N4O3/c1-3-9-15(16(19)20)21-18(24-7-13(25)8(24)2)22-17(9)23-5-11-10(4-14(26)27)12(11)6-23/h8,10-13,16,25H,3-7H2,1-2H3,(H,26,27)/t8-,10?,11?,12?,13+/m0/s1. The number of aliphatic hydroxyl groups is 1. The number of β-amino-alcohol motifs (C(OH)–C–C–N with tert-alkyl or cyclic N) is 1. The monoisotopic (exact) mass is 382 g/mol. The SMILES string of the molecule is CCc1c(C(F)F)nc(N2C[C@@H](O)[C@@H]2C)nc1N1CC2C(CC(=O)O)C2C1. The molecule has 0 aromatic carbocycles. The zero-order valence-corrected chi connectivity index (χ0v) is 15.3.